The molecule has 0 bridgehead atoms. The van der Waals surface area contributed by atoms with E-state index in [1.165, 1.54) is 42.5 Å². The number of carboxylic acid groups (broad SMARTS) is 1. The second-order valence-corrected chi connectivity index (χ2v) is 4.72. The summed E-state index contributed by atoms with van der Waals surface area (Å²) in [5.41, 5.74) is -0.158. The van der Waals surface area contributed by atoms with E-state index in [0.29, 0.717) is 4.47 Å². The van der Waals surface area contributed by atoms with Crippen molar-refractivity contribution in [1.29, 1.82) is 0 Å². The molecule has 7 heteroatoms. The van der Waals surface area contributed by atoms with Gasteiger partial charge in [-0.1, -0.05) is 22.0 Å². The van der Waals surface area contributed by atoms with Gasteiger partial charge in [0.05, 0.1) is 10.5 Å². The van der Waals surface area contributed by atoms with E-state index in [1.807, 2.05) is 0 Å². The third kappa shape index (κ3) is 3.12. The molecule has 0 aliphatic heterocycles. The number of aromatic carboxylic acids is 1. The van der Waals surface area contributed by atoms with E-state index in [4.69, 9.17) is 9.84 Å². The van der Waals surface area contributed by atoms with E-state index in [9.17, 15) is 14.9 Å². The number of carboxylic acids is 1. The first-order chi connectivity index (χ1) is 9.47. The minimum atomic E-state index is -1.10. The zero-order valence-electron chi connectivity index (χ0n) is 9.95. The predicted octanol–water partition coefficient (Wildman–Crippen LogP) is 3.85. The van der Waals surface area contributed by atoms with Gasteiger partial charge in [0, 0.05) is 16.6 Å². The van der Waals surface area contributed by atoms with Crippen LogP contribution in [-0.4, -0.2) is 16.0 Å². The van der Waals surface area contributed by atoms with Crippen LogP contribution in [0.5, 0.6) is 11.5 Å². The van der Waals surface area contributed by atoms with Crippen LogP contribution in [0.1, 0.15) is 10.4 Å². The van der Waals surface area contributed by atoms with Crippen molar-refractivity contribution in [3.05, 3.63) is 62.6 Å². The lowest BCUT2D eigenvalue weighted by atomic mass is 10.2. The van der Waals surface area contributed by atoms with Crippen molar-refractivity contribution >= 4 is 27.6 Å². The molecule has 2 aromatic rings. The Morgan fingerprint density at radius 3 is 2.65 bits per heavy atom. The smallest absolute Gasteiger partial charge is 0.335 e. The molecule has 0 aromatic heterocycles. The summed E-state index contributed by atoms with van der Waals surface area (Å²) in [5.74, 6) is -0.850. The number of rotatable bonds is 4. The van der Waals surface area contributed by atoms with Crippen molar-refractivity contribution in [2.75, 3.05) is 0 Å². The molecule has 0 amide bonds. The van der Waals surface area contributed by atoms with Crippen LogP contribution in [0.25, 0.3) is 0 Å². The van der Waals surface area contributed by atoms with Gasteiger partial charge in [-0.05, 0) is 24.3 Å². The quantitative estimate of drug-likeness (QED) is 0.676. The average Bonchev–Trinajstić information content (AvgIpc) is 2.38. The highest BCUT2D eigenvalue weighted by molar-refractivity contribution is 9.10. The highest BCUT2D eigenvalue weighted by Crippen LogP contribution is 2.34. The van der Waals surface area contributed by atoms with Gasteiger partial charge in [0.2, 0.25) is 5.75 Å². The molecule has 0 unspecified atom stereocenters. The minimum absolute atomic E-state index is 0.0342. The molecule has 1 N–H and O–H groups in total. The van der Waals surface area contributed by atoms with E-state index in [1.54, 1.807) is 0 Å². The summed E-state index contributed by atoms with van der Waals surface area (Å²) in [7, 11) is 0. The number of carbonyl (C=O) groups is 1. The number of halogens is 1. The SMILES string of the molecule is O=C(O)c1cccc(Oc2cc(Br)ccc2[N+](=O)[O-])c1. The molecule has 0 heterocycles. The lowest BCUT2D eigenvalue weighted by Gasteiger charge is -2.07. The number of nitro benzene ring substituents is 1. The Balaban J connectivity index is 2.39. The van der Waals surface area contributed by atoms with Gasteiger partial charge in [0.1, 0.15) is 5.75 Å². The van der Waals surface area contributed by atoms with Crippen LogP contribution in [0.3, 0.4) is 0 Å². The molecular weight excluding hydrogens is 330 g/mol. The van der Waals surface area contributed by atoms with E-state index >= 15 is 0 Å². The van der Waals surface area contributed by atoms with E-state index in [2.05, 4.69) is 15.9 Å². The summed E-state index contributed by atoms with van der Waals surface area (Å²) in [6, 6.07) is 10.0. The van der Waals surface area contributed by atoms with Crippen LogP contribution in [-0.2, 0) is 0 Å². The van der Waals surface area contributed by atoms with Gasteiger partial charge in [0.15, 0.2) is 0 Å². The van der Waals surface area contributed by atoms with Crippen LogP contribution in [0, 0.1) is 10.1 Å². The van der Waals surface area contributed by atoms with E-state index in [-0.39, 0.29) is 22.7 Å². The van der Waals surface area contributed by atoms with Gasteiger partial charge in [0.25, 0.3) is 0 Å². The molecular formula is C13H8BrNO5. The molecule has 0 saturated carbocycles. The predicted molar refractivity (Wildman–Crippen MR) is 74.3 cm³/mol. The summed E-state index contributed by atoms with van der Waals surface area (Å²) < 4.78 is 6.03. The Morgan fingerprint density at radius 1 is 1.25 bits per heavy atom. The maximum absolute atomic E-state index is 10.9. The summed E-state index contributed by atoms with van der Waals surface area (Å²) in [6.45, 7) is 0. The molecule has 2 rings (SSSR count). The fourth-order valence-corrected chi connectivity index (χ4v) is 1.88. The van der Waals surface area contributed by atoms with Gasteiger partial charge >= 0.3 is 11.7 Å². The van der Waals surface area contributed by atoms with Crippen molar-refractivity contribution in [1.82, 2.24) is 0 Å². The van der Waals surface area contributed by atoms with Gasteiger partial charge in [-0.3, -0.25) is 10.1 Å². The van der Waals surface area contributed by atoms with Crippen molar-refractivity contribution in [3.8, 4) is 11.5 Å². The van der Waals surface area contributed by atoms with Gasteiger partial charge in [-0.2, -0.15) is 0 Å². The molecule has 0 fully saturated rings. The summed E-state index contributed by atoms with van der Waals surface area (Å²) in [4.78, 5) is 21.2. The van der Waals surface area contributed by atoms with Crippen molar-refractivity contribution in [3.63, 3.8) is 0 Å². The Bertz CT molecular complexity index is 686. The summed E-state index contributed by atoms with van der Waals surface area (Å²) in [5, 5.41) is 19.8. The molecule has 2 aromatic carbocycles. The molecule has 0 aliphatic rings. The van der Waals surface area contributed by atoms with Crippen LogP contribution in [0.2, 0.25) is 0 Å². The zero-order chi connectivity index (χ0) is 14.7. The van der Waals surface area contributed by atoms with Gasteiger partial charge in [-0.25, -0.2) is 4.79 Å². The number of nitro groups is 1. The van der Waals surface area contributed by atoms with Crippen LogP contribution in [0.15, 0.2) is 46.9 Å². The first-order valence-electron chi connectivity index (χ1n) is 5.42. The first-order valence-corrected chi connectivity index (χ1v) is 6.22. The summed E-state index contributed by atoms with van der Waals surface area (Å²) in [6.07, 6.45) is 0. The molecule has 102 valence electrons. The number of nitrogens with zero attached hydrogens (tertiary/aromatic N) is 1. The van der Waals surface area contributed by atoms with Crippen molar-refractivity contribution in [2.24, 2.45) is 0 Å². The standard InChI is InChI=1S/C13H8BrNO5/c14-9-4-5-11(15(18)19)12(7-9)20-10-3-1-2-8(6-10)13(16)17/h1-7H,(H,16,17). The van der Waals surface area contributed by atoms with Crippen molar-refractivity contribution < 1.29 is 19.6 Å². The second kappa shape index (κ2) is 5.70. The normalized spacial score (nSPS) is 10.1. The molecule has 0 saturated heterocycles. The lowest BCUT2D eigenvalue weighted by molar-refractivity contribution is -0.385. The number of benzene rings is 2. The van der Waals surface area contributed by atoms with Gasteiger partial charge < -0.3 is 9.84 Å². The molecule has 0 spiro atoms. The topological polar surface area (TPSA) is 89.7 Å². The largest absolute Gasteiger partial charge is 0.478 e. The molecule has 0 atom stereocenters. The van der Waals surface area contributed by atoms with Crippen LogP contribution >= 0.6 is 15.9 Å². The molecule has 6 nitrogen and oxygen atoms in total. The molecule has 0 radical (unpaired) electrons. The minimum Gasteiger partial charge on any atom is -0.478 e. The Kier molecular flexibility index (Phi) is 3.99. The second-order valence-electron chi connectivity index (χ2n) is 3.80. The average molecular weight is 338 g/mol. The van der Waals surface area contributed by atoms with E-state index in [0.717, 1.165) is 0 Å². The highest BCUT2D eigenvalue weighted by Gasteiger charge is 2.16. The fourth-order valence-electron chi connectivity index (χ4n) is 1.54. The number of hydrogen-bond acceptors (Lipinski definition) is 4. The lowest BCUT2D eigenvalue weighted by Crippen LogP contribution is -1.97. The van der Waals surface area contributed by atoms with Crippen molar-refractivity contribution in [2.45, 2.75) is 0 Å². The fraction of sp³-hybridized carbons (Fsp3) is 0. The summed E-state index contributed by atoms with van der Waals surface area (Å²) >= 11 is 3.20. The Labute approximate surface area is 121 Å². The van der Waals surface area contributed by atoms with Crippen LogP contribution in [0.4, 0.5) is 5.69 Å². The third-order valence-electron chi connectivity index (χ3n) is 2.43. The Morgan fingerprint density at radius 2 is 2.00 bits per heavy atom. The van der Waals surface area contributed by atoms with E-state index < -0.39 is 10.9 Å². The van der Waals surface area contributed by atoms with Crippen LogP contribution < -0.4 is 4.74 Å². The maximum atomic E-state index is 10.9. The number of ether oxygens (including phenoxy) is 1. The highest BCUT2D eigenvalue weighted by atomic mass is 79.9. The monoisotopic (exact) mass is 337 g/mol. The third-order valence-corrected chi connectivity index (χ3v) is 2.92. The van der Waals surface area contributed by atoms with Gasteiger partial charge in [-0.15, -0.1) is 0 Å². The maximum Gasteiger partial charge on any atom is 0.335 e. The zero-order valence-corrected chi connectivity index (χ0v) is 11.5. The Hall–Kier alpha value is -2.41. The first kappa shape index (κ1) is 14.0. The molecule has 0 aliphatic carbocycles. The molecule has 20 heavy (non-hydrogen) atoms. The number of hydrogen-bond donors (Lipinski definition) is 1.